The van der Waals surface area contributed by atoms with Crippen LogP contribution in [0.1, 0.15) is 34.1 Å². The Morgan fingerprint density at radius 2 is 2.26 bits per heavy atom. The molecule has 0 radical (unpaired) electrons. The SMILES string of the molecule is C/C=C\C/C=c1/cncc/c1=C(/C)NSCC(C)C. The Bertz CT molecular complexity index is 518. The molecule has 1 N–H and O–H groups in total. The molecule has 104 valence electrons. The number of aromatic nitrogens is 1. The van der Waals surface area contributed by atoms with E-state index in [0.717, 1.165) is 12.2 Å². The smallest absolute Gasteiger partial charge is 0.0343 e. The molecule has 0 spiro atoms. The van der Waals surface area contributed by atoms with Crippen molar-refractivity contribution in [3.05, 3.63) is 41.0 Å². The highest BCUT2D eigenvalue weighted by molar-refractivity contribution is 7.97. The van der Waals surface area contributed by atoms with Crippen molar-refractivity contribution in [3.63, 3.8) is 0 Å². The lowest BCUT2D eigenvalue weighted by Crippen LogP contribution is -2.29. The van der Waals surface area contributed by atoms with Crippen LogP contribution in [0.2, 0.25) is 0 Å². The topological polar surface area (TPSA) is 24.9 Å². The summed E-state index contributed by atoms with van der Waals surface area (Å²) in [6.45, 7) is 8.62. The molecule has 0 saturated heterocycles. The standard InChI is InChI=1S/C16H24N2S/c1-5-6-7-8-15-11-17-10-9-16(15)14(4)18-19-12-13(2)3/h5-6,8-11,13,18H,7,12H2,1-4H3/b6-5-,15-8-,16-14+. The lowest BCUT2D eigenvalue weighted by molar-refractivity contribution is 0.749. The molecule has 1 heterocycles. The van der Waals surface area contributed by atoms with Gasteiger partial charge in [0, 0.05) is 29.1 Å². The summed E-state index contributed by atoms with van der Waals surface area (Å²) in [6, 6.07) is 2.07. The van der Waals surface area contributed by atoms with E-state index in [1.165, 1.54) is 16.1 Å². The summed E-state index contributed by atoms with van der Waals surface area (Å²) in [6.07, 6.45) is 11.1. The Balaban J connectivity index is 2.94. The zero-order valence-electron chi connectivity index (χ0n) is 12.3. The van der Waals surface area contributed by atoms with E-state index in [9.17, 15) is 0 Å². The normalized spacial score (nSPS) is 14.3. The molecule has 0 unspecified atom stereocenters. The van der Waals surface area contributed by atoms with Crippen LogP contribution in [0.25, 0.3) is 11.8 Å². The van der Waals surface area contributed by atoms with Crippen molar-refractivity contribution < 1.29 is 0 Å². The van der Waals surface area contributed by atoms with Crippen LogP contribution in [0.4, 0.5) is 0 Å². The molecule has 0 aliphatic heterocycles. The quantitative estimate of drug-likeness (QED) is 0.639. The number of nitrogens with one attached hydrogen (secondary N) is 1. The first-order valence-electron chi connectivity index (χ1n) is 6.75. The molecule has 0 aliphatic carbocycles. The summed E-state index contributed by atoms with van der Waals surface area (Å²) in [5.74, 6) is 1.81. The van der Waals surface area contributed by atoms with Crippen molar-refractivity contribution in [2.75, 3.05) is 5.75 Å². The van der Waals surface area contributed by atoms with Gasteiger partial charge in [0.1, 0.15) is 0 Å². The molecule has 0 aliphatic rings. The maximum atomic E-state index is 4.21. The molecule has 0 amide bonds. The van der Waals surface area contributed by atoms with E-state index in [0.29, 0.717) is 5.92 Å². The fourth-order valence-corrected chi connectivity index (χ4v) is 2.36. The molecule has 0 fully saturated rings. The second kappa shape index (κ2) is 8.81. The highest BCUT2D eigenvalue weighted by atomic mass is 32.2. The zero-order chi connectivity index (χ0) is 14.1. The first-order valence-corrected chi connectivity index (χ1v) is 7.73. The van der Waals surface area contributed by atoms with Gasteiger partial charge in [-0.3, -0.25) is 4.98 Å². The summed E-state index contributed by atoms with van der Waals surface area (Å²) in [5.41, 5.74) is 1.19. The highest BCUT2D eigenvalue weighted by Crippen LogP contribution is 2.04. The molecular weight excluding hydrogens is 252 g/mol. The number of hydrogen-bond acceptors (Lipinski definition) is 3. The van der Waals surface area contributed by atoms with E-state index in [4.69, 9.17) is 0 Å². The van der Waals surface area contributed by atoms with Crippen molar-refractivity contribution in [3.8, 4) is 0 Å². The second-order valence-electron chi connectivity index (χ2n) is 4.90. The first kappa shape index (κ1) is 15.8. The fraction of sp³-hybridized carbons (Fsp3) is 0.438. The number of rotatable bonds is 6. The Labute approximate surface area is 120 Å². The van der Waals surface area contributed by atoms with Gasteiger partial charge in [0.15, 0.2) is 0 Å². The average Bonchev–Trinajstić information content (AvgIpc) is 2.39. The summed E-state index contributed by atoms with van der Waals surface area (Å²) in [7, 11) is 0. The molecule has 1 aromatic heterocycles. The molecule has 3 heteroatoms. The molecule has 0 saturated carbocycles. The van der Waals surface area contributed by atoms with Gasteiger partial charge in [-0.15, -0.1) is 0 Å². The van der Waals surface area contributed by atoms with E-state index >= 15 is 0 Å². The summed E-state index contributed by atoms with van der Waals surface area (Å²) < 4.78 is 3.43. The molecular formula is C16H24N2S. The van der Waals surface area contributed by atoms with Crippen LogP contribution < -0.4 is 15.2 Å². The average molecular weight is 276 g/mol. The largest absolute Gasteiger partial charge is 0.333 e. The van der Waals surface area contributed by atoms with Crippen molar-refractivity contribution in [2.45, 2.75) is 34.1 Å². The highest BCUT2D eigenvalue weighted by Gasteiger charge is 1.96. The maximum Gasteiger partial charge on any atom is 0.0343 e. The van der Waals surface area contributed by atoms with E-state index in [2.05, 4.69) is 54.8 Å². The second-order valence-corrected chi connectivity index (χ2v) is 5.73. The van der Waals surface area contributed by atoms with Gasteiger partial charge in [0.2, 0.25) is 0 Å². The Hall–Kier alpha value is -1.22. The molecule has 1 rings (SSSR count). The molecule has 0 atom stereocenters. The van der Waals surface area contributed by atoms with E-state index in [1.807, 2.05) is 19.3 Å². The van der Waals surface area contributed by atoms with E-state index in [1.54, 1.807) is 11.9 Å². The molecule has 2 nitrogen and oxygen atoms in total. The van der Waals surface area contributed by atoms with E-state index < -0.39 is 0 Å². The van der Waals surface area contributed by atoms with Gasteiger partial charge in [0.05, 0.1) is 0 Å². The van der Waals surface area contributed by atoms with Crippen LogP contribution in [0.15, 0.2) is 30.6 Å². The third-order valence-corrected chi connectivity index (χ3v) is 3.89. The van der Waals surface area contributed by atoms with Gasteiger partial charge in [-0.05, 0) is 37.5 Å². The van der Waals surface area contributed by atoms with E-state index in [-0.39, 0.29) is 0 Å². The Morgan fingerprint density at radius 1 is 1.47 bits per heavy atom. The Kier molecular flexibility index (Phi) is 7.34. The molecule has 1 aromatic rings. The first-order chi connectivity index (χ1) is 9.15. The van der Waals surface area contributed by atoms with Gasteiger partial charge in [-0.1, -0.05) is 44.0 Å². The van der Waals surface area contributed by atoms with Gasteiger partial charge in [-0.25, -0.2) is 0 Å². The predicted molar refractivity (Wildman–Crippen MR) is 86.9 cm³/mol. The minimum Gasteiger partial charge on any atom is -0.333 e. The summed E-state index contributed by atoms with van der Waals surface area (Å²) in [5, 5.41) is 2.42. The number of allylic oxidation sites excluding steroid dienone is 2. The van der Waals surface area contributed by atoms with Gasteiger partial charge in [0.25, 0.3) is 0 Å². The van der Waals surface area contributed by atoms with Crippen molar-refractivity contribution in [2.24, 2.45) is 5.92 Å². The van der Waals surface area contributed by atoms with Crippen LogP contribution >= 0.6 is 11.9 Å². The molecule has 0 aromatic carbocycles. The number of hydrogen-bond donors (Lipinski definition) is 1. The third-order valence-electron chi connectivity index (χ3n) is 2.61. The van der Waals surface area contributed by atoms with Crippen molar-refractivity contribution in [1.82, 2.24) is 9.71 Å². The number of nitrogens with zero attached hydrogens (tertiary/aromatic N) is 1. The van der Waals surface area contributed by atoms with Gasteiger partial charge in [-0.2, -0.15) is 0 Å². The Morgan fingerprint density at radius 3 is 2.95 bits per heavy atom. The van der Waals surface area contributed by atoms with Gasteiger partial charge < -0.3 is 4.72 Å². The summed E-state index contributed by atoms with van der Waals surface area (Å²) >= 11 is 1.77. The third kappa shape index (κ3) is 5.97. The zero-order valence-corrected chi connectivity index (χ0v) is 13.1. The lowest BCUT2D eigenvalue weighted by atomic mass is 10.2. The van der Waals surface area contributed by atoms with Crippen LogP contribution in [0, 0.1) is 5.92 Å². The minimum atomic E-state index is 0.698. The van der Waals surface area contributed by atoms with Crippen LogP contribution in [0.3, 0.4) is 0 Å². The van der Waals surface area contributed by atoms with Crippen LogP contribution in [-0.4, -0.2) is 10.7 Å². The van der Waals surface area contributed by atoms with Crippen LogP contribution in [-0.2, 0) is 0 Å². The van der Waals surface area contributed by atoms with Crippen molar-refractivity contribution >= 4 is 23.7 Å². The maximum absolute atomic E-state index is 4.21. The lowest BCUT2D eigenvalue weighted by Gasteiger charge is -2.07. The predicted octanol–water partition coefficient (Wildman–Crippen LogP) is 2.85. The monoisotopic (exact) mass is 276 g/mol. The minimum absolute atomic E-state index is 0.698. The fourth-order valence-electron chi connectivity index (χ4n) is 1.61. The van der Waals surface area contributed by atoms with Crippen molar-refractivity contribution in [1.29, 1.82) is 0 Å². The van der Waals surface area contributed by atoms with Gasteiger partial charge >= 0.3 is 0 Å². The van der Waals surface area contributed by atoms with Crippen LogP contribution in [0.5, 0.6) is 0 Å². The molecule has 0 bridgehead atoms. The molecule has 19 heavy (non-hydrogen) atoms. The number of pyridine rings is 1. The summed E-state index contributed by atoms with van der Waals surface area (Å²) in [4.78, 5) is 4.21.